The third-order valence-electron chi connectivity index (χ3n) is 8.02. The zero-order valence-corrected chi connectivity index (χ0v) is 23.1. The summed E-state index contributed by atoms with van der Waals surface area (Å²) in [7, 11) is 0. The van der Waals surface area contributed by atoms with Crippen LogP contribution in [0.25, 0.3) is 0 Å². The summed E-state index contributed by atoms with van der Waals surface area (Å²) in [5, 5.41) is 3.07. The van der Waals surface area contributed by atoms with Gasteiger partial charge in [-0.1, -0.05) is 73.7 Å². The van der Waals surface area contributed by atoms with Crippen molar-refractivity contribution in [2.24, 2.45) is 11.8 Å². The fourth-order valence-electron chi connectivity index (χ4n) is 5.41. The Morgan fingerprint density at radius 3 is 2.21 bits per heavy atom. The number of nitrogens with zero attached hydrogens (tertiary/aromatic N) is 2. The quantitative estimate of drug-likeness (QED) is 0.349. The Labute approximate surface area is 231 Å². The van der Waals surface area contributed by atoms with Gasteiger partial charge in [0.2, 0.25) is 23.6 Å². The molecule has 4 atom stereocenters. The zero-order valence-electron chi connectivity index (χ0n) is 23.1. The lowest BCUT2D eigenvalue weighted by Crippen LogP contribution is -2.52. The average Bonchev–Trinajstić information content (AvgIpc) is 3.19. The summed E-state index contributed by atoms with van der Waals surface area (Å²) < 4.78 is 0. The Bertz CT molecular complexity index is 1200. The monoisotopic (exact) mass is 529 g/mol. The van der Waals surface area contributed by atoms with Crippen molar-refractivity contribution in [3.05, 3.63) is 83.4 Å². The number of hydrogen-bond donors (Lipinski definition) is 1. The highest BCUT2D eigenvalue weighted by atomic mass is 16.2. The highest BCUT2D eigenvalue weighted by Gasteiger charge is 2.47. The van der Waals surface area contributed by atoms with Gasteiger partial charge >= 0.3 is 0 Å². The molecule has 206 valence electrons. The Morgan fingerprint density at radius 2 is 1.59 bits per heavy atom. The first-order valence-electron chi connectivity index (χ1n) is 14.0. The van der Waals surface area contributed by atoms with Crippen LogP contribution in [-0.4, -0.2) is 52.1 Å². The van der Waals surface area contributed by atoms with Crippen LogP contribution in [-0.2, 0) is 32.1 Å². The highest BCUT2D eigenvalue weighted by molar-refractivity contribution is 6.05. The van der Waals surface area contributed by atoms with E-state index < -0.39 is 6.04 Å². The maximum atomic E-state index is 13.9. The molecule has 4 rings (SSSR count). The van der Waals surface area contributed by atoms with Crippen LogP contribution < -0.4 is 5.32 Å². The lowest BCUT2D eigenvalue weighted by atomic mass is 9.85. The summed E-state index contributed by atoms with van der Waals surface area (Å²) in [4.78, 5) is 56.4. The normalized spacial score (nSPS) is 19.9. The van der Waals surface area contributed by atoms with Crippen LogP contribution >= 0.6 is 0 Å². The minimum atomic E-state index is -0.745. The Hall–Kier alpha value is -3.74. The molecule has 1 aliphatic carbocycles. The van der Waals surface area contributed by atoms with Crippen LogP contribution in [0.3, 0.4) is 0 Å². The second-order valence-electron chi connectivity index (χ2n) is 10.7. The Balaban J connectivity index is 1.60. The molecule has 1 aliphatic heterocycles. The summed E-state index contributed by atoms with van der Waals surface area (Å²) in [6.45, 7) is 6.22. The summed E-state index contributed by atoms with van der Waals surface area (Å²) in [6.07, 6.45) is 6.13. The largest absolute Gasteiger partial charge is 0.352 e. The van der Waals surface area contributed by atoms with Crippen molar-refractivity contribution < 1.29 is 19.2 Å². The van der Waals surface area contributed by atoms with Crippen LogP contribution in [0.5, 0.6) is 0 Å². The topological polar surface area (TPSA) is 86.8 Å². The van der Waals surface area contributed by atoms with Crippen molar-refractivity contribution in [2.75, 3.05) is 6.54 Å². The average molecular weight is 530 g/mol. The molecule has 39 heavy (non-hydrogen) atoms. The fraction of sp³-hybridized carbons (Fsp3) is 0.438. The zero-order chi connectivity index (χ0) is 27.9. The van der Waals surface area contributed by atoms with Crippen molar-refractivity contribution in [2.45, 2.75) is 71.5 Å². The van der Waals surface area contributed by atoms with Gasteiger partial charge in [0, 0.05) is 32.0 Å². The summed E-state index contributed by atoms with van der Waals surface area (Å²) in [6, 6.07) is 16.7. The Kier molecular flexibility index (Phi) is 9.33. The molecular formula is C32H39N3O4. The van der Waals surface area contributed by atoms with E-state index in [4.69, 9.17) is 0 Å². The predicted molar refractivity (Wildman–Crippen MR) is 150 cm³/mol. The molecule has 1 saturated heterocycles. The standard InChI is InChI=1S/C32H39N3O4/c1-4-23(3)33-30(37)28(20-24-13-6-5-7-14-24)35(21-25-15-9-8-12-22(25)2)29(36)18-19-34-31(38)26-16-10-11-17-27(26)32(34)39/h5-15,23,26-28H,4,16-21H2,1-3H3,(H,33,37)/t23?,26-,27+,28?. The first-order chi connectivity index (χ1) is 18.8. The molecule has 1 N–H and O–H groups in total. The summed E-state index contributed by atoms with van der Waals surface area (Å²) in [5.41, 5.74) is 2.93. The van der Waals surface area contributed by atoms with Gasteiger partial charge in [-0.2, -0.15) is 0 Å². The van der Waals surface area contributed by atoms with Gasteiger partial charge in [-0.3, -0.25) is 24.1 Å². The summed E-state index contributed by atoms with van der Waals surface area (Å²) >= 11 is 0. The van der Waals surface area contributed by atoms with Gasteiger partial charge < -0.3 is 10.2 Å². The number of aryl methyl sites for hydroxylation is 1. The third-order valence-corrected chi connectivity index (χ3v) is 8.02. The SMILES string of the molecule is CCC(C)NC(=O)C(Cc1ccccc1)N(Cc1ccccc1C)C(=O)CCN1C(=O)[C@H]2CC=CC[C@H]2C1=O. The van der Waals surface area contributed by atoms with Gasteiger partial charge in [-0.05, 0) is 49.8 Å². The van der Waals surface area contributed by atoms with E-state index in [-0.39, 0.29) is 61.0 Å². The van der Waals surface area contributed by atoms with E-state index in [1.807, 2.05) is 87.5 Å². The summed E-state index contributed by atoms with van der Waals surface area (Å²) in [5.74, 6) is -1.50. The Morgan fingerprint density at radius 1 is 0.974 bits per heavy atom. The van der Waals surface area contributed by atoms with Crippen LogP contribution in [0.1, 0.15) is 56.2 Å². The molecule has 0 spiro atoms. The highest BCUT2D eigenvalue weighted by Crippen LogP contribution is 2.35. The molecule has 2 aromatic rings. The smallest absolute Gasteiger partial charge is 0.243 e. The lowest BCUT2D eigenvalue weighted by molar-refractivity contribution is -0.144. The van der Waals surface area contributed by atoms with Gasteiger partial charge in [0.15, 0.2) is 0 Å². The predicted octanol–water partition coefficient (Wildman–Crippen LogP) is 4.19. The molecule has 0 radical (unpaired) electrons. The number of imide groups is 1. The second-order valence-corrected chi connectivity index (χ2v) is 10.7. The van der Waals surface area contributed by atoms with Gasteiger partial charge in [0.05, 0.1) is 11.8 Å². The molecule has 1 fully saturated rings. The second kappa shape index (κ2) is 12.9. The fourth-order valence-corrected chi connectivity index (χ4v) is 5.41. The number of carbonyl (C=O) groups is 4. The van der Waals surface area contributed by atoms with E-state index in [9.17, 15) is 19.2 Å². The molecule has 0 bridgehead atoms. The van der Waals surface area contributed by atoms with E-state index in [0.717, 1.165) is 23.1 Å². The number of rotatable bonds is 11. The van der Waals surface area contributed by atoms with Gasteiger partial charge in [0.1, 0.15) is 6.04 Å². The van der Waals surface area contributed by atoms with E-state index in [0.29, 0.717) is 19.3 Å². The number of nitrogens with one attached hydrogen (secondary N) is 1. The number of amides is 4. The number of fused-ring (bicyclic) bond motifs is 1. The first kappa shape index (κ1) is 28.3. The molecule has 2 aliphatic rings. The van der Waals surface area contributed by atoms with E-state index in [1.54, 1.807) is 4.90 Å². The van der Waals surface area contributed by atoms with Crippen molar-refractivity contribution in [3.8, 4) is 0 Å². The molecule has 1 heterocycles. The van der Waals surface area contributed by atoms with E-state index in [2.05, 4.69) is 5.32 Å². The number of allylic oxidation sites excluding steroid dienone is 2. The van der Waals surface area contributed by atoms with Crippen LogP contribution in [0, 0.1) is 18.8 Å². The maximum Gasteiger partial charge on any atom is 0.243 e. The molecule has 7 heteroatoms. The van der Waals surface area contributed by atoms with E-state index >= 15 is 0 Å². The lowest BCUT2D eigenvalue weighted by Gasteiger charge is -2.33. The number of carbonyl (C=O) groups excluding carboxylic acids is 4. The van der Waals surface area contributed by atoms with Gasteiger partial charge in [-0.15, -0.1) is 0 Å². The van der Waals surface area contributed by atoms with Crippen molar-refractivity contribution in [3.63, 3.8) is 0 Å². The molecule has 4 amide bonds. The van der Waals surface area contributed by atoms with E-state index in [1.165, 1.54) is 4.90 Å². The van der Waals surface area contributed by atoms with Crippen molar-refractivity contribution >= 4 is 23.6 Å². The van der Waals surface area contributed by atoms with Gasteiger partial charge in [-0.25, -0.2) is 0 Å². The number of benzene rings is 2. The minimum absolute atomic E-state index is 0.0266. The first-order valence-corrected chi connectivity index (χ1v) is 14.0. The molecular weight excluding hydrogens is 490 g/mol. The van der Waals surface area contributed by atoms with Gasteiger partial charge in [0.25, 0.3) is 0 Å². The van der Waals surface area contributed by atoms with Crippen LogP contribution in [0.15, 0.2) is 66.7 Å². The molecule has 0 aromatic heterocycles. The number of likely N-dealkylation sites (tertiary alicyclic amines) is 1. The van der Waals surface area contributed by atoms with Crippen LogP contribution in [0.4, 0.5) is 0 Å². The molecule has 2 unspecified atom stereocenters. The molecule has 0 saturated carbocycles. The molecule has 7 nitrogen and oxygen atoms in total. The molecule has 2 aromatic carbocycles. The number of hydrogen-bond acceptors (Lipinski definition) is 4. The van der Waals surface area contributed by atoms with Crippen molar-refractivity contribution in [1.82, 2.24) is 15.1 Å². The maximum absolute atomic E-state index is 13.9. The van der Waals surface area contributed by atoms with Crippen LogP contribution in [0.2, 0.25) is 0 Å². The minimum Gasteiger partial charge on any atom is -0.352 e. The third kappa shape index (κ3) is 6.64. The van der Waals surface area contributed by atoms with Crippen molar-refractivity contribution in [1.29, 1.82) is 0 Å².